The number of amides is 1. The second-order valence-electron chi connectivity index (χ2n) is 8.35. The van der Waals surface area contributed by atoms with Gasteiger partial charge in [0.15, 0.2) is 0 Å². The quantitative estimate of drug-likeness (QED) is 0.724. The molecule has 1 amide bonds. The predicted molar refractivity (Wildman–Crippen MR) is 104 cm³/mol. The lowest BCUT2D eigenvalue weighted by Gasteiger charge is -2.37. The van der Waals surface area contributed by atoms with Gasteiger partial charge < -0.3 is 19.8 Å². The summed E-state index contributed by atoms with van der Waals surface area (Å²) in [6, 6.07) is 0. The van der Waals surface area contributed by atoms with Crippen LogP contribution in [-0.2, 0) is 4.79 Å². The normalized spacial score (nSPS) is 25.3. The van der Waals surface area contributed by atoms with E-state index in [4.69, 9.17) is 0 Å². The first kappa shape index (κ1) is 20.1. The van der Waals surface area contributed by atoms with Crippen molar-refractivity contribution in [3.63, 3.8) is 0 Å². The SMILES string of the molecule is O=C(CCN1CCCCC1)N1CCN(CC(O)CN2CCCCC2)CC1. The topological polar surface area (TPSA) is 50.3 Å². The summed E-state index contributed by atoms with van der Waals surface area (Å²) in [5.41, 5.74) is 0. The number of aliphatic hydroxyl groups is 1. The number of hydrogen-bond donors (Lipinski definition) is 1. The highest BCUT2D eigenvalue weighted by atomic mass is 16.3. The number of hydrogen-bond acceptors (Lipinski definition) is 5. The molecular weight excluding hydrogens is 328 g/mol. The number of carbonyl (C=O) groups is 1. The van der Waals surface area contributed by atoms with E-state index in [2.05, 4.69) is 14.7 Å². The van der Waals surface area contributed by atoms with Crippen molar-refractivity contribution in [2.24, 2.45) is 0 Å². The molecule has 0 bridgehead atoms. The monoisotopic (exact) mass is 366 g/mol. The van der Waals surface area contributed by atoms with Gasteiger partial charge in [0, 0.05) is 52.2 Å². The fraction of sp³-hybridized carbons (Fsp3) is 0.950. The van der Waals surface area contributed by atoms with E-state index in [0.29, 0.717) is 12.3 Å². The molecule has 0 aromatic heterocycles. The summed E-state index contributed by atoms with van der Waals surface area (Å²) in [7, 11) is 0. The number of nitrogens with zero attached hydrogens (tertiary/aromatic N) is 4. The van der Waals surface area contributed by atoms with Gasteiger partial charge in [-0.3, -0.25) is 9.69 Å². The Balaban J connectivity index is 1.29. The van der Waals surface area contributed by atoms with Gasteiger partial charge in [-0.1, -0.05) is 12.8 Å². The van der Waals surface area contributed by atoms with E-state index < -0.39 is 0 Å². The van der Waals surface area contributed by atoms with E-state index in [9.17, 15) is 9.90 Å². The van der Waals surface area contributed by atoms with Crippen LogP contribution in [0.3, 0.4) is 0 Å². The maximum Gasteiger partial charge on any atom is 0.223 e. The fourth-order valence-electron chi connectivity index (χ4n) is 4.57. The average molecular weight is 367 g/mol. The highest BCUT2D eigenvalue weighted by Gasteiger charge is 2.24. The van der Waals surface area contributed by atoms with Crippen LogP contribution < -0.4 is 0 Å². The first-order valence-electron chi connectivity index (χ1n) is 10.8. The third kappa shape index (κ3) is 6.48. The number of piperidine rings is 2. The van der Waals surface area contributed by atoms with Crippen LogP contribution in [0, 0.1) is 0 Å². The van der Waals surface area contributed by atoms with Crippen LogP contribution in [0.5, 0.6) is 0 Å². The van der Waals surface area contributed by atoms with Crippen molar-refractivity contribution in [2.75, 3.05) is 72.0 Å². The molecule has 6 heteroatoms. The molecule has 1 atom stereocenters. The van der Waals surface area contributed by atoms with Gasteiger partial charge in [0.1, 0.15) is 0 Å². The molecule has 6 nitrogen and oxygen atoms in total. The molecule has 3 saturated heterocycles. The zero-order valence-corrected chi connectivity index (χ0v) is 16.4. The van der Waals surface area contributed by atoms with E-state index in [-0.39, 0.29) is 6.10 Å². The zero-order chi connectivity index (χ0) is 18.2. The van der Waals surface area contributed by atoms with Crippen LogP contribution in [0.25, 0.3) is 0 Å². The Morgan fingerprint density at radius 3 is 1.77 bits per heavy atom. The molecule has 0 spiro atoms. The van der Waals surface area contributed by atoms with Gasteiger partial charge in [-0.05, 0) is 51.9 Å². The molecule has 150 valence electrons. The smallest absolute Gasteiger partial charge is 0.223 e. The molecule has 3 heterocycles. The molecule has 0 aromatic carbocycles. The highest BCUT2D eigenvalue weighted by Crippen LogP contribution is 2.12. The number of likely N-dealkylation sites (tertiary alicyclic amines) is 2. The zero-order valence-electron chi connectivity index (χ0n) is 16.4. The van der Waals surface area contributed by atoms with Crippen molar-refractivity contribution >= 4 is 5.91 Å². The number of β-amino-alcohol motifs (C(OH)–C–C–N with tert-alkyl or cyclic N) is 1. The molecular formula is C20H38N4O2. The second-order valence-corrected chi connectivity index (χ2v) is 8.35. The lowest BCUT2D eigenvalue weighted by molar-refractivity contribution is -0.133. The Hall–Kier alpha value is -0.690. The molecule has 3 rings (SSSR count). The molecule has 0 saturated carbocycles. The van der Waals surface area contributed by atoms with E-state index >= 15 is 0 Å². The Labute approximate surface area is 159 Å². The third-order valence-electron chi connectivity index (χ3n) is 6.20. The van der Waals surface area contributed by atoms with Gasteiger partial charge >= 0.3 is 0 Å². The molecule has 0 aliphatic carbocycles. The Morgan fingerprint density at radius 2 is 1.19 bits per heavy atom. The first-order valence-corrected chi connectivity index (χ1v) is 10.8. The van der Waals surface area contributed by atoms with Crippen molar-refractivity contribution in [1.82, 2.24) is 19.6 Å². The minimum atomic E-state index is -0.269. The Bertz CT molecular complexity index is 414. The Kier molecular flexibility index (Phi) is 8.17. The summed E-state index contributed by atoms with van der Waals surface area (Å²) < 4.78 is 0. The summed E-state index contributed by atoms with van der Waals surface area (Å²) >= 11 is 0. The molecule has 3 fully saturated rings. The number of piperazine rings is 1. The van der Waals surface area contributed by atoms with Crippen molar-refractivity contribution in [2.45, 2.75) is 51.0 Å². The van der Waals surface area contributed by atoms with E-state index in [0.717, 1.165) is 72.0 Å². The van der Waals surface area contributed by atoms with Crippen molar-refractivity contribution in [3.05, 3.63) is 0 Å². The molecule has 3 aliphatic rings. The van der Waals surface area contributed by atoms with Crippen molar-refractivity contribution in [3.8, 4) is 0 Å². The van der Waals surface area contributed by atoms with Crippen LogP contribution in [-0.4, -0.2) is 109 Å². The van der Waals surface area contributed by atoms with Gasteiger partial charge in [0.05, 0.1) is 6.10 Å². The van der Waals surface area contributed by atoms with Gasteiger partial charge in [0.2, 0.25) is 5.91 Å². The molecule has 1 unspecified atom stereocenters. The maximum atomic E-state index is 12.5. The lowest BCUT2D eigenvalue weighted by Crippen LogP contribution is -2.52. The fourth-order valence-corrected chi connectivity index (χ4v) is 4.57. The molecule has 26 heavy (non-hydrogen) atoms. The molecule has 0 aromatic rings. The minimum Gasteiger partial charge on any atom is -0.390 e. The standard InChI is InChI=1S/C20H38N4O2/c25-19(17-22-10-5-2-6-11-22)18-23-13-15-24(16-14-23)20(26)7-12-21-8-3-1-4-9-21/h19,25H,1-18H2. The first-order chi connectivity index (χ1) is 12.7. The number of aliphatic hydroxyl groups excluding tert-OH is 1. The van der Waals surface area contributed by atoms with Crippen LogP contribution in [0.4, 0.5) is 0 Å². The maximum absolute atomic E-state index is 12.5. The van der Waals surface area contributed by atoms with Crippen LogP contribution in [0.1, 0.15) is 44.9 Å². The van der Waals surface area contributed by atoms with Crippen molar-refractivity contribution < 1.29 is 9.90 Å². The van der Waals surface area contributed by atoms with E-state index in [1.807, 2.05) is 4.90 Å². The number of rotatable bonds is 7. The Morgan fingerprint density at radius 1 is 0.692 bits per heavy atom. The summed E-state index contributed by atoms with van der Waals surface area (Å²) in [6.45, 7) is 10.5. The average Bonchev–Trinajstić information content (AvgIpc) is 2.68. The third-order valence-corrected chi connectivity index (χ3v) is 6.20. The largest absolute Gasteiger partial charge is 0.390 e. The van der Waals surface area contributed by atoms with Gasteiger partial charge in [-0.25, -0.2) is 0 Å². The van der Waals surface area contributed by atoms with Crippen LogP contribution >= 0.6 is 0 Å². The van der Waals surface area contributed by atoms with Crippen LogP contribution in [0.2, 0.25) is 0 Å². The summed E-state index contributed by atoms with van der Waals surface area (Å²) in [6.07, 6.45) is 8.18. The minimum absolute atomic E-state index is 0.269. The van der Waals surface area contributed by atoms with E-state index in [1.54, 1.807) is 0 Å². The summed E-state index contributed by atoms with van der Waals surface area (Å²) in [4.78, 5) is 21.6. The molecule has 3 aliphatic heterocycles. The molecule has 0 radical (unpaired) electrons. The lowest BCUT2D eigenvalue weighted by atomic mass is 10.1. The number of carbonyl (C=O) groups excluding carboxylic acids is 1. The van der Waals surface area contributed by atoms with Gasteiger partial charge in [0.25, 0.3) is 0 Å². The van der Waals surface area contributed by atoms with Gasteiger partial charge in [-0.15, -0.1) is 0 Å². The summed E-state index contributed by atoms with van der Waals surface area (Å²) in [5.74, 6) is 0.309. The molecule has 1 N–H and O–H groups in total. The van der Waals surface area contributed by atoms with E-state index in [1.165, 1.54) is 38.5 Å². The predicted octanol–water partition coefficient (Wildman–Crippen LogP) is 0.853. The van der Waals surface area contributed by atoms with Crippen LogP contribution in [0.15, 0.2) is 0 Å². The highest BCUT2D eigenvalue weighted by molar-refractivity contribution is 5.76. The van der Waals surface area contributed by atoms with Crippen molar-refractivity contribution in [1.29, 1.82) is 0 Å². The second kappa shape index (κ2) is 10.6. The summed E-state index contributed by atoms with van der Waals surface area (Å²) in [5, 5.41) is 10.4. The van der Waals surface area contributed by atoms with Gasteiger partial charge in [-0.2, -0.15) is 0 Å².